The Bertz CT molecular complexity index is 1010. The second-order valence-electron chi connectivity index (χ2n) is 6.25. The van der Waals surface area contributed by atoms with Gasteiger partial charge in [0.05, 0.1) is 24.1 Å². The molecule has 0 saturated heterocycles. The van der Waals surface area contributed by atoms with Gasteiger partial charge >= 0.3 is 0 Å². The molecule has 4 aromatic rings. The van der Waals surface area contributed by atoms with E-state index in [-0.39, 0.29) is 0 Å². The van der Waals surface area contributed by atoms with E-state index >= 15 is 0 Å². The molecule has 1 N–H and O–H groups in total. The van der Waals surface area contributed by atoms with Gasteiger partial charge in [-0.15, -0.1) is 5.10 Å². The lowest BCUT2D eigenvalue weighted by molar-refractivity contribution is 0.923. The summed E-state index contributed by atoms with van der Waals surface area (Å²) >= 11 is 0. The summed E-state index contributed by atoms with van der Waals surface area (Å²) in [5.74, 6) is 0.785. The summed E-state index contributed by atoms with van der Waals surface area (Å²) in [6, 6.07) is 18.1. The fourth-order valence-electron chi connectivity index (χ4n) is 2.78. The van der Waals surface area contributed by atoms with Crippen LogP contribution in [0.25, 0.3) is 16.9 Å². The molecule has 0 amide bonds. The van der Waals surface area contributed by atoms with Crippen molar-refractivity contribution in [1.82, 2.24) is 19.6 Å². The number of imidazole rings is 1. The van der Waals surface area contributed by atoms with Gasteiger partial charge in [0.1, 0.15) is 5.82 Å². The Kier molecular flexibility index (Phi) is 4.23. The van der Waals surface area contributed by atoms with Crippen LogP contribution in [-0.2, 0) is 6.54 Å². The van der Waals surface area contributed by atoms with Crippen molar-refractivity contribution in [3.05, 3.63) is 72.7 Å². The van der Waals surface area contributed by atoms with Crippen LogP contribution in [0.3, 0.4) is 0 Å². The predicted octanol–water partition coefficient (Wildman–Crippen LogP) is 3.47. The van der Waals surface area contributed by atoms with Gasteiger partial charge in [-0.2, -0.15) is 0 Å². The molecular formula is C20H20N6. The Hall–Kier alpha value is -3.41. The van der Waals surface area contributed by atoms with E-state index < -0.39 is 0 Å². The predicted molar refractivity (Wildman–Crippen MR) is 104 cm³/mol. The number of benzene rings is 1. The smallest absolute Gasteiger partial charge is 0.154 e. The van der Waals surface area contributed by atoms with Gasteiger partial charge in [-0.05, 0) is 36.4 Å². The molecule has 130 valence electrons. The van der Waals surface area contributed by atoms with E-state index in [1.165, 1.54) is 0 Å². The fourth-order valence-corrected chi connectivity index (χ4v) is 2.78. The van der Waals surface area contributed by atoms with Crippen molar-refractivity contribution in [1.29, 1.82) is 0 Å². The van der Waals surface area contributed by atoms with Crippen LogP contribution in [0.15, 0.2) is 67.0 Å². The maximum Gasteiger partial charge on any atom is 0.154 e. The van der Waals surface area contributed by atoms with Gasteiger partial charge in [-0.25, -0.2) is 9.50 Å². The third-order valence-corrected chi connectivity index (χ3v) is 4.22. The van der Waals surface area contributed by atoms with E-state index in [1.807, 2.05) is 55.1 Å². The molecular weight excluding hydrogens is 324 g/mol. The molecule has 0 unspecified atom stereocenters. The number of nitrogens with zero attached hydrogens (tertiary/aromatic N) is 5. The monoisotopic (exact) mass is 344 g/mol. The van der Waals surface area contributed by atoms with Crippen LogP contribution in [-0.4, -0.2) is 33.7 Å². The molecule has 0 atom stereocenters. The Morgan fingerprint density at radius 2 is 1.81 bits per heavy atom. The first-order valence-corrected chi connectivity index (χ1v) is 8.47. The van der Waals surface area contributed by atoms with E-state index in [4.69, 9.17) is 0 Å². The number of nitrogens with one attached hydrogen (secondary N) is 1. The molecule has 0 spiro atoms. The molecule has 6 nitrogen and oxygen atoms in total. The van der Waals surface area contributed by atoms with Crippen molar-refractivity contribution in [2.45, 2.75) is 6.54 Å². The van der Waals surface area contributed by atoms with E-state index in [9.17, 15) is 0 Å². The summed E-state index contributed by atoms with van der Waals surface area (Å²) in [6.07, 6.45) is 3.65. The van der Waals surface area contributed by atoms with E-state index in [2.05, 4.69) is 49.5 Å². The van der Waals surface area contributed by atoms with Gasteiger partial charge in [0.15, 0.2) is 5.65 Å². The Balaban J connectivity index is 1.62. The molecule has 0 saturated carbocycles. The summed E-state index contributed by atoms with van der Waals surface area (Å²) in [7, 11) is 4.06. The quantitative estimate of drug-likeness (QED) is 0.601. The second-order valence-corrected chi connectivity index (χ2v) is 6.25. The highest BCUT2D eigenvalue weighted by Crippen LogP contribution is 2.23. The molecule has 0 aliphatic heterocycles. The summed E-state index contributed by atoms with van der Waals surface area (Å²) in [4.78, 5) is 10.9. The average Bonchev–Trinajstić information content (AvgIpc) is 3.10. The molecule has 26 heavy (non-hydrogen) atoms. The third kappa shape index (κ3) is 3.21. The molecule has 4 rings (SSSR count). The van der Waals surface area contributed by atoms with Crippen molar-refractivity contribution >= 4 is 17.2 Å². The first kappa shape index (κ1) is 16.1. The number of hydrogen-bond donors (Lipinski definition) is 1. The third-order valence-electron chi connectivity index (χ3n) is 4.22. The van der Waals surface area contributed by atoms with Crippen LogP contribution >= 0.6 is 0 Å². The maximum absolute atomic E-state index is 4.69. The molecule has 3 aromatic heterocycles. The number of anilines is 2. The number of rotatable bonds is 5. The molecule has 1 aromatic carbocycles. The lowest BCUT2D eigenvalue weighted by Gasteiger charge is -2.12. The van der Waals surface area contributed by atoms with Crippen LogP contribution in [0.5, 0.6) is 0 Å². The van der Waals surface area contributed by atoms with Gasteiger partial charge in [0.25, 0.3) is 0 Å². The zero-order valence-electron chi connectivity index (χ0n) is 14.8. The number of pyridine rings is 1. The van der Waals surface area contributed by atoms with Crippen molar-refractivity contribution in [2.75, 3.05) is 24.3 Å². The SMILES string of the molecule is CN(C)c1ccc(-c2cnc3ccc(NCc4ccccn4)nn23)cc1. The lowest BCUT2D eigenvalue weighted by Crippen LogP contribution is -2.08. The zero-order valence-corrected chi connectivity index (χ0v) is 14.8. The van der Waals surface area contributed by atoms with E-state index in [1.54, 1.807) is 6.20 Å². The van der Waals surface area contributed by atoms with Gasteiger partial charge in [0.2, 0.25) is 0 Å². The summed E-state index contributed by atoms with van der Waals surface area (Å²) in [5, 5.41) is 8.01. The normalized spacial score (nSPS) is 10.8. The Morgan fingerprint density at radius 3 is 2.54 bits per heavy atom. The van der Waals surface area contributed by atoms with Crippen LogP contribution in [0.4, 0.5) is 11.5 Å². The first-order valence-electron chi connectivity index (χ1n) is 8.47. The van der Waals surface area contributed by atoms with Crippen LogP contribution in [0.2, 0.25) is 0 Å². The van der Waals surface area contributed by atoms with Crippen molar-refractivity contribution in [3.63, 3.8) is 0 Å². The molecule has 0 aliphatic rings. The number of hydrogen-bond acceptors (Lipinski definition) is 5. The second kappa shape index (κ2) is 6.84. The highest BCUT2D eigenvalue weighted by atomic mass is 15.3. The van der Waals surface area contributed by atoms with Crippen LogP contribution in [0.1, 0.15) is 5.69 Å². The summed E-state index contributed by atoms with van der Waals surface area (Å²) < 4.78 is 1.87. The van der Waals surface area contributed by atoms with Crippen LogP contribution < -0.4 is 10.2 Å². The van der Waals surface area contributed by atoms with Crippen molar-refractivity contribution in [3.8, 4) is 11.3 Å². The molecule has 3 heterocycles. The standard InChI is InChI=1S/C20H20N6/c1-25(2)17-8-6-15(7-9-17)18-14-23-20-11-10-19(24-26(18)20)22-13-16-5-3-4-12-21-16/h3-12,14H,13H2,1-2H3,(H,22,24). The van der Waals surface area contributed by atoms with Gasteiger partial charge in [-0.3, -0.25) is 4.98 Å². The first-order chi connectivity index (χ1) is 12.7. The number of fused-ring (bicyclic) bond motifs is 1. The average molecular weight is 344 g/mol. The fraction of sp³-hybridized carbons (Fsp3) is 0.150. The number of aromatic nitrogens is 4. The maximum atomic E-state index is 4.69. The van der Waals surface area contributed by atoms with Gasteiger partial charge < -0.3 is 10.2 Å². The molecule has 0 bridgehead atoms. The zero-order chi connectivity index (χ0) is 17.9. The van der Waals surface area contributed by atoms with Crippen molar-refractivity contribution < 1.29 is 0 Å². The summed E-state index contributed by atoms with van der Waals surface area (Å²) in [5.41, 5.74) is 5.00. The Morgan fingerprint density at radius 1 is 0.962 bits per heavy atom. The minimum Gasteiger partial charge on any atom is -0.378 e. The van der Waals surface area contributed by atoms with Crippen molar-refractivity contribution in [2.24, 2.45) is 0 Å². The Labute approximate surface area is 152 Å². The minimum atomic E-state index is 0.626. The summed E-state index contributed by atoms with van der Waals surface area (Å²) in [6.45, 7) is 0.626. The van der Waals surface area contributed by atoms with Gasteiger partial charge in [0, 0.05) is 31.5 Å². The lowest BCUT2D eigenvalue weighted by atomic mass is 10.1. The highest BCUT2D eigenvalue weighted by molar-refractivity contribution is 5.66. The van der Waals surface area contributed by atoms with E-state index in [0.717, 1.165) is 34.1 Å². The molecule has 6 heteroatoms. The van der Waals surface area contributed by atoms with E-state index in [0.29, 0.717) is 6.54 Å². The van der Waals surface area contributed by atoms with Crippen LogP contribution in [0, 0.1) is 0 Å². The topological polar surface area (TPSA) is 58.4 Å². The molecule has 0 aliphatic carbocycles. The molecule has 0 fully saturated rings. The minimum absolute atomic E-state index is 0.626. The molecule has 0 radical (unpaired) electrons. The highest BCUT2D eigenvalue weighted by Gasteiger charge is 2.08. The largest absolute Gasteiger partial charge is 0.378 e. The van der Waals surface area contributed by atoms with Gasteiger partial charge in [-0.1, -0.05) is 18.2 Å².